The molecule has 0 aromatic rings. The molecule has 0 unspecified atom stereocenters. The van der Waals surface area contributed by atoms with Gasteiger partial charge in [-0.05, 0) is 18.9 Å². The fourth-order valence-electron chi connectivity index (χ4n) is 0.583. The fourth-order valence-corrected chi connectivity index (χ4v) is 0.583. The van der Waals surface area contributed by atoms with Gasteiger partial charge in [0.15, 0.2) is 0 Å². The van der Waals surface area contributed by atoms with Crippen molar-refractivity contribution in [1.29, 1.82) is 5.26 Å². The van der Waals surface area contributed by atoms with Crippen molar-refractivity contribution in [2.45, 2.75) is 19.3 Å². The Balaban J connectivity index is 3.24. The van der Waals surface area contributed by atoms with Gasteiger partial charge in [-0.2, -0.15) is 5.26 Å². The number of aldehydes is 1. The van der Waals surface area contributed by atoms with Gasteiger partial charge in [-0.15, -0.1) is 0 Å². The van der Waals surface area contributed by atoms with Gasteiger partial charge in [-0.1, -0.05) is 18.2 Å². The molecule has 0 aromatic carbocycles. The molecule has 0 N–H and O–H groups in total. The molecule has 0 atom stereocenters. The van der Waals surface area contributed by atoms with Gasteiger partial charge in [0.1, 0.15) is 6.29 Å². The van der Waals surface area contributed by atoms with Crippen LogP contribution in [0.1, 0.15) is 19.3 Å². The number of carbonyl (C=O) groups is 1. The fraction of sp³-hybridized carbons (Fsp3) is 0.333. The van der Waals surface area contributed by atoms with Crippen molar-refractivity contribution in [2.24, 2.45) is 0 Å². The molecule has 2 heteroatoms. The van der Waals surface area contributed by atoms with Crippen molar-refractivity contribution in [3.8, 4) is 6.07 Å². The summed E-state index contributed by atoms with van der Waals surface area (Å²) in [6.07, 6.45) is 9.99. The van der Waals surface area contributed by atoms with Crippen LogP contribution >= 0.6 is 0 Å². The van der Waals surface area contributed by atoms with E-state index < -0.39 is 0 Å². The quantitative estimate of drug-likeness (QED) is 0.259. The molecule has 0 saturated heterocycles. The number of nitriles is 1. The van der Waals surface area contributed by atoms with E-state index in [9.17, 15) is 4.79 Å². The minimum Gasteiger partial charge on any atom is -0.299 e. The van der Waals surface area contributed by atoms with E-state index in [1.165, 1.54) is 6.08 Å². The van der Waals surface area contributed by atoms with Crippen LogP contribution in [0.3, 0.4) is 0 Å². The first-order chi connectivity index (χ1) is 5.41. The van der Waals surface area contributed by atoms with Crippen LogP contribution < -0.4 is 0 Å². The van der Waals surface area contributed by atoms with Crippen molar-refractivity contribution in [1.82, 2.24) is 0 Å². The van der Waals surface area contributed by atoms with Crippen LogP contribution in [0.5, 0.6) is 0 Å². The van der Waals surface area contributed by atoms with E-state index in [2.05, 4.69) is 6.07 Å². The van der Waals surface area contributed by atoms with Crippen molar-refractivity contribution < 1.29 is 4.79 Å². The highest BCUT2D eigenvalue weighted by atomic mass is 16.1. The Morgan fingerprint density at radius 1 is 1.27 bits per heavy atom. The average Bonchev–Trinajstić information content (AvgIpc) is 2.03. The second kappa shape index (κ2) is 8.64. The second-order valence-electron chi connectivity index (χ2n) is 2.00. The summed E-state index contributed by atoms with van der Waals surface area (Å²) in [5.74, 6) is 0. The minimum atomic E-state index is 0.599. The highest BCUT2D eigenvalue weighted by molar-refractivity contribution is 5.65. The summed E-state index contributed by atoms with van der Waals surface area (Å²) in [5, 5.41) is 8.17. The third kappa shape index (κ3) is 8.64. The van der Waals surface area contributed by atoms with Gasteiger partial charge in [0.2, 0.25) is 0 Å². The highest BCUT2D eigenvalue weighted by Gasteiger charge is 1.78. The number of carbonyl (C=O) groups excluding carboxylic acids is 1. The third-order valence-corrected chi connectivity index (χ3v) is 1.10. The summed E-state index contributed by atoms with van der Waals surface area (Å²) in [6.45, 7) is 0. The van der Waals surface area contributed by atoms with Crippen LogP contribution in [-0.4, -0.2) is 6.29 Å². The molecule has 0 aliphatic carbocycles. The number of nitrogens with zero attached hydrogens (tertiary/aromatic N) is 1. The zero-order chi connectivity index (χ0) is 8.36. The molecular formula is C9H11NO. The first kappa shape index (κ1) is 9.64. The number of unbranched alkanes of at least 4 members (excludes halogenated alkanes) is 2. The number of rotatable bonds is 5. The number of allylic oxidation sites excluding steroid dienone is 4. The van der Waals surface area contributed by atoms with Crippen LogP contribution in [-0.2, 0) is 4.79 Å². The van der Waals surface area contributed by atoms with Gasteiger partial charge >= 0.3 is 0 Å². The van der Waals surface area contributed by atoms with Crippen molar-refractivity contribution in [2.75, 3.05) is 0 Å². The molecule has 0 fully saturated rings. The van der Waals surface area contributed by atoms with Crippen molar-refractivity contribution in [3.05, 3.63) is 24.3 Å². The lowest BCUT2D eigenvalue weighted by atomic mass is 10.2. The lowest BCUT2D eigenvalue weighted by molar-refractivity contribution is -0.104. The van der Waals surface area contributed by atoms with Gasteiger partial charge in [0.05, 0.1) is 6.07 Å². The Morgan fingerprint density at radius 3 is 2.73 bits per heavy atom. The van der Waals surface area contributed by atoms with Crippen LogP contribution in [0, 0.1) is 11.3 Å². The average molecular weight is 149 g/mol. The standard InChI is InChI=1S/C9H11NO/c10-8-6-4-2-1-3-5-7-9-11/h1,3,5,7,9H,2,4,6H2/b3-1+,7-5+. The lowest BCUT2D eigenvalue weighted by Gasteiger charge is -1.83. The summed E-state index contributed by atoms with van der Waals surface area (Å²) in [4.78, 5) is 9.78. The predicted molar refractivity (Wildman–Crippen MR) is 43.8 cm³/mol. The van der Waals surface area contributed by atoms with E-state index in [0.29, 0.717) is 6.42 Å². The van der Waals surface area contributed by atoms with E-state index in [4.69, 9.17) is 5.26 Å². The van der Waals surface area contributed by atoms with Crippen LogP contribution in [0.2, 0.25) is 0 Å². The largest absolute Gasteiger partial charge is 0.299 e. The summed E-state index contributed by atoms with van der Waals surface area (Å²) < 4.78 is 0. The maximum atomic E-state index is 9.78. The minimum absolute atomic E-state index is 0.599. The zero-order valence-corrected chi connectivity index (χ0v) is 6.36. The highest BCUT2D eigenvalue weighted by Crippen LogP contribution is 1.94. The van der Waals surface area contributed by atoms with E-state index in [0.717, 1.165) is 19.1 Å². The monoisotopic (exact) mass is 149 g/mol. The smallest absolute Gasteiger partial charge is 0.142 e. The maximum Gasteiger partial charge on any atom is 0.142 e. The first-order valence-electron chi connectivity index (χ1n) is 3.55. The molecule has 2 nitrogen and oxygen atoms in total. The lowest BCUT2D eigenvalue weighted by Crippen LogP contribution is -1.67. The molecule has 0 aliphatic rings. The molecule has 0 saturated carbocycles. The SMILES string of the molecule is N#CCCC/C=C/C=C/C=O. The Morgan fingerprint density at radius 2 is 2.09 bits per heavy atom. The predicted octanol–water partition coefficient (Wildman–Crippen LogP) is 1.99. The third-order valence-electron chi connectivity index (χ3n) is 1.10. The number of hydrogen-bond acceptors (Lipinski definition) is 2. The van der Waals surface area contributed by atoms with Gasteiger partial charge in [-0.3, -0.25) is 4.79 Å². The van der Waals surface area contributed by atoms with E-state index >= 15 is 0 Å². The molecule has 0 rings (SSSR count). The topological polar surface area (TPSA) is 40.9 Å². The Hall–Kier alpha value is -1.36. The van der Waals surface area contributed by atoms with E-state index in [1.54, 1.807) is 6.08 Å². The van der Waals surface area contributed by atoms with Crippen LogP contribution in [0.15, 0.2) is 24.3 Å². The molecule has 0 spiro atoms. The second-order valence-corrected chi connectivity index (χ2v) is 2.00. The molecule has 11 heavy (non-hydrogen) atoms. The summed E-state index contributed by atoms with van der Waals surface area (Å²) >= 11 is 0. The van der Waals surface area contributed by atoms with E-state index in [1.807, 2.05) is 12.2 Å². The zero-order valence-electron chi connectivity index (χ0n) is 6.36. The van der Waals surface area contributed by atoms with Gasteiger partial charge in [0, 0.05) is 6.42 Å². The van der Waals surface area contributed by atoms with Crippen molar-refractivity contribution >= 4 is 6.29 Å². The number of hydrogen-bond donors (Lipinski definition) is 0. The summed E-state index contributed by atoms with van der Waals surface area (Å²) in [5.41, 5.74) is 0. The molecule has 0 amide bonds. The van der Waals surface area contributed by atoms with Crippen LogP contribution in [0.25, 0.3) is 0 Å². The maximum absolute atomic E-state index is 9.78. The summed E-state index contributed by atoms with van der Waals surface area (Å²) in [6, 6.07) is 2.06. The molecule has 58 valence electrons. The molecule has 0 bridgehead atoms. The Kier molecular flexibility index (Phi) is 7.57. The van der Waals surface area contributed by atoms with Gasteiger partial charge < -0.3 is 0 Å². The Labute approximate surface area is 66.8 Å². The molecular weight excluding hydrogens is 138 g/mol. The van der Waals surface area contributed by atoms with E-state index in [-0.39, 0.29) is 0 Å². The van der Waals surface area contributed by atoms with Crippen molar-refractivity contribution in [3.63, 3.8) is 0 Å². The molecule has 0 heterocycles. The summed E-state index contributed by atoms with van der Waals surface area (Å²) in [7, 11) is 0. The van der Waals surface area contributed by atoms with Gasteiger partial charge in [0.25, 0.3) is 0 Å². The molecule has 0 aromatic heterocycles. The normalized spacial score (nSPS) is 10.5. The first-order valence-corrected chi connectivity index (χ1v) is 3.55. The Bertz CT molecular complexity index is 186. The van der Waals surface area contributed by atoms with Crippen LogP contribution in [0.4, 0.5) is 0 Å². The van der Waals surface area contributed by atoms with Gasteiger partial charge in [-0.25, -0.2) is 0 Å². The molecule has 0 radical (unpaired) electrons. The molecule has 0 aliphatic heterocycles.